The van der Waals surface area contributed by atoms with E-state index in [0.29, 0.717) is 43.7 Å². The second kappa shape index (κ2) is 23.7. The summed E-state index contributed by atoms with van der Waals surface area (Å²) in [5, 5.41) is 12.3. The molecule has 3 N–H and O–H groups in total. The van der Waals surface area contributed by atoms with Crippen LogP contribution in [0, 0.1) is 5.92 Å². The summed E-state index contributed by atoms with van der Waals surface area (Å²) in [6, 6.07) is 6.83. The SMILES string of the molecule is CCNCCOCCOCCC(=O)Nc1cccc(OC[C@@H](N=[N+]=[N-])OCCOCC(=O)NC/C=C/C(C)C)c1. The molecule has 0 aromatic heterocycles. The maximum Gasteiger partial charge on any atom is 0.246 e. The third-order valence-corrected chi connectivity index (χ3v) is 4.92. The molecule has 0 aliphatic rings. The molecule has 0 spiro atoms. The number of carbonyl (C=O) groups is 2. The molecule has 1 aromatic rings. The number of rotatable bonds is 24. The van der Waals surface area contributed by atoms with Crippen LogP contribution in [0.2, 0.25) is 0 Å². The number of anilines is 1. The maximum absolute atomic E-state index is 12.2. The molecule has 13 heteroatoms. The fraction of sp³-hybridized carbons (Fsp3) is 0.630. The van der Waals surface area contributed by atoms with Gasteiger partial charge in [-0.3, -0.25) is 9.59 Å². The van der Waals surface area contributed by atoms with E-state index in [-0.39, 0.29) is 51.3 Å². The van der Waals surface area contributed by atoms with Gasteiger partial charge in [-0.2, -0.15) is 0 Å². The first-order valence-electron chi connectivity index (χ1n) is 13.5. The number of likely N-dealkylation sites (N-methyl/N-ethyl adjacent to an activating group) is 1. The lowest BCUT2D eigenvalue weighted by molar-refractivity contribution is -0.126. The van der Waals surface area contributed by atoms with Crippen LogP contribution in [0.25, 0.3) is 10.4 Å². The van der Waals surface area contributed by atoms with Crippen molar-refractivity contribution < 1.29 is 33.3 Å². The molecule has 0 saturated heterocycles. The molecule has 0 radical (unpaired) electrons. The minimum Gasteiger partial charge on any atom is -0.491 e. The molecule has 1 rings (SSSR count). The second-order valence-corrected chi connectivity index (χ2v) is 8.77. The molecule has 0 heterocycles. The maximum atomic E-state index is 12.2. The van der Waals surface area contributed by atoms with E-state index < -0.39 is 6.23 Å². The summed E-state index contributed by atoms with van der Waals surface area (Å²) in [5.41, 5.74) is 9.38. The fourth-order valence-electron chi connectivity index (χ4n) is 3.01. The predicted octanol–water partition coefficient (Wildman–Crippen LogP) is 3.03. The number of nitrogens with zero attached hydrogens (tertiary/aromatic N) is 3. The summed E-state index contributed by atoms with van der Waals surface area (Å²) < 4.78 is 27.3. The third-order valence-electron chi connectivity index (χ3n) is 4.92. The van der Waals surface area contributed by atoms with Crippen LogP contribution in [0.15, 0.2) is 41.5 Å². The van der Waals surface area contributed by atoms with Crippen molar-refractivity contribution in [2.24, 2.45) is 11.0 Å². The van der Waals surface area contributed by atoms with Gasteiger partial charge in [0.2, 0.25) is 11.8 Å². The first kappa shape index (κ1) is 34.8. The quantitative estimate of drug-likeness (QED) is 0.0567. The van der Waals surface area contributed by atoms with Crippen molar-refractivity contribution in [1.82, 2.24) is 10.6 Å². The molecular formula is C27H44N6O7. The predicted molar refractivity (Wildman–Crippen MR) is 152 cm³/mol. The molecule has 1 aromatic carbocycles. The summed E-state index contributed by atoms with van der Waals surface area (Å²) in [7, 11) is 0. The van der Waals surface area contributed by atoms with E-state index in [1.807, 2.05) is 19.1 Å². The van der Waals surface area contributed by atoms with Gasteiger partial charge in [0, 0.05) is 29.8 Å². The highest BCUT2D eigenvalue weighted by atomic mass is 16.6. The average Bonchev–Trinajstić information content (AvgIpc) is 2.93. The van der Waals surface area contributed by atoms with Crippen LogP contribution in [0.1, 0.15) is 27.2 Å². The molecule has 40 heavy (non-hydrogen) atoms. The van der Waals surface area contributed by atoms with Crippen molar-refractivity contribution in [1.29, 1.82) is 0 Å². The van der Waals surface area contributed by atoms with Gasteiger partial charge < -0.3 is 39.6 Å². The van der Waals surface area contributed by atoms with E-state index in [9.17, 15) is 9.59 Å². The molecular weight excluding hydrogens is 520 g/mol. The third kappa shape index (κ3) is 19.8. The Labute approximate surface area is 236 Å². The highest BCUT2D eigenvalue weighted by Gasteiger charge is 2.10. The van der Waals surface area contributed by atoms with E-state index in [1.165, 1.54) is 0 Å². The van der Waals surface area contributed by atoms with Crippen LogP contribution < -0.4 is 20.7 Å². The van der Waals surface area contributed by atoms with Crippen LogP contribution in [-0.2, 0) is 28.5 Å². The van der Waals surface area contributed by atoms with E-state index in [1.54, 1.807) is 24.3 Å². The van der Waals surface area contributed by atoms with Crippen molar-refractivity contribution in [2.45, 2.75) is 33.4 Å². The Morgan fingerprint density at radius 2 is 1.82 bits per heavy atom. The number of amides is 2. The normalized spacial score (nSPS) is 11.8. The van der Waals surface area contributed by atoms with Crippen LogP contribution >= 0.6 is 0 Å². The molecule has 0 aliphatic carbocycles. The molecule has 0 aliphatic heterocycles. The van der Waals surface area contributed by atoms with Gasteiger partial charge in [0.25, 0.3) is 0 Å². The smallest absolute Gasteiger partial charge is 0.246 e. The largest absolute Gasteiger partial charge is 0.491 e. The van der Waals surface area contributed by atoms with Crippen LogP contribution in [0.4, 0.5) is 5.69 Å². The van der Waals surface area contributed by atoms with E-state index in [0.717, 1.165) is 13.1 Å². The van der Waals surface area contributed by atoms with Crippen LogP contribution in [0.3, 0.4) is 0 Å². The number of nitrogens with one attached hydrogen (secondary N) is 3. The first-order chi connectivity index (χ1) is 19.4. The Kier molecular flexibility index (Phi) is 20.6. The molecule has 0 unspecified atom stereocenters. The molecule has 1 atom stereocenters. The van der Waals surface area contributed by atoms with Gasteiger partial charge in [-0.15, -0.1) is 0 Å². The minimum absolute atomic E-state index is 0.0471. The zero-order valence-electron chi connectivity index (χ0n) is 23.8. The first-order valence-corrected chi connectivity index (χ1v) is 13.5. The lowest BCUT2D eigenvalue weighted by atomic mass is 10.2. The molecule has 13 nitrogen and oxygen atoms in total. The number of azide groups is 1. The van der Waals surface area contributed by atoms with Crippen LogP contribution in [-0.4, -0.2) is 90.5 Å². The van der Waals surface area contributed by atoms with Crippen molar-refractivity contribution >= 4 is 17.5 Å². The number of hydrogen-bond donors (Lipinski definition) is 3. The van der Waals surface area contributed by atoms with Crippen molar-refractivity contribution in [3.8, 4) is 5.75 Å². The lowest BCUT2D eigenvalue weighted by Gasteiger charge is -2.15. The highest BCUT2D eigenvalue weighted by Crippen LogP contribution is 2.18. The van der Waals surface area contributed by atoms with Crippen molar-refractivity contribution in [2.75, 3.05) is 77.8 Å². The zero-order chi connectivity index (χ0) is 29.3. The van der Waals surface area contributed by atoms with Gasteiger partial charge in [-0.25, -0.2) is 0 Å². The monoisotopic (exact) mass is 564 g/mol. The van der Waals surface area contributed by atoms with E-state index >= 15 is 0 Å². The number of benzene rings is 1. The van der Waals surface area contributed by atoms with Crippen molar-refractivity contribution in [3.63, 3.8) is 0 Å². The second-order valence-electron chi connectivity index (χ2n) is 8.77. The molecule has 0 saturated carbocycles. The van der Waals surface area contributed by atoms with Gasteiger partial charge in [0.15, 0.2) is 6.23 Å². The highest BCUT2D eigenvalue weighted by molar-refractivity contribution is 5.90. The number of hydrogen-bond acceptors (Lipinski definition) is 9. The average molecular weight is 565 g/mol. The van der Waals surface area contributed by atoms with E-state index in [2.05, 4.69) is 39.8 Å². The van der Waals surface area contributed by atoms with Gasteiger partial charge in [-0.1, -0.05) is 44.1 Å². The number of allylic oxidation sites excluding steroid dienone is 1. The van der Waals surface area contributed by atoms with Gasteiger partial charge in [0.1, 0.15) is 19.0 Å². The Bertz CT molecular complexity index is 909. The summed E-state index contributed by atoms with van der Waals surface area (Å²) in [6.07, 6.45) is 3.20. The molecule has 0 bridgehead atoms. The Balaban J connectivity index is 2.26. The Morgan fingerprint density at radius 1 is 1.05 bits per heavy atom. The number of carbonyl (C=O) groups excluding carboxylic acids is 2. The molecule has 0 fully saturated rings. The van der Waals surface area contributed by atoms with Gasteiger partial charge >= 0.3 is 0 Å². The number of ether oxygens (including phenoxy) is 5. The summed E-state index contributed by atoms with van der Waals surface area (Å²) in [4.78, 5) is 26.7. The lowest BCUT2D eigenvalue weighted by Crippen LogP contribution is -2.28. The van der Waals surface area contributed by atoms with E-state index in [4.69, 9.17) is 29.2 Å². The molecule has 2 amide bonds. The standard InChI is InChI=1S/C27H44N6O7/c1-4-29-12-14-37-16-15-36-13-10-25(34)31-23-8-5-9-24(19-23)40-21-27(32-33-28)39-18-17-38-20-26(35)30-11-6-7-22(2)3/h5-9,19,22,27,29H,4,10-18,20-21H2,1-3H3,(H,30,35)(H,31,34)/b7-6+/t27-/m0/s1. The Hall–Kier alpha value is -3.19. The summed E-state index contributed by atoms with van der Waals surface area (Å²) in [5.74, 6) is 0.461. The van der Waals surface area contributed by atoms with Crippen molar-refractivity contribution in [3.05, 3.63) is 46.9 Å². The van der Waals surface area contributed by atoms with Gasteiger partial charge in [0.05, 0.1) is 46.1 Å². The topological polar surface area (TPSA) is 165 Å². The zero-order valence-corrected chi connectivity index (χ0v) is 23.8. The van der Waals surface area contributed by atoms with Crippen LogP contribution in [0.5, 0.6) is 5.75 Å². The fourth-order valence-corrected chi connectivity index (χ4v) is 3.01. The Morgan fingerprint density at radius 3 is 2.58 bits per heavy atom. The summed E-state index contributed by atoms with van der Waals surface area (Å²) >= 11 is 0. The molecule has 224 valence electrons. The summed E-state index contributed by atoms with van der Waals surface area (Å²) in [6.45, 7) is 10.2. The van der Waals surface area contributed by atoms with Gasteiger partial charge in [-0.05, 0) is 30.1 Å². The minimum atomic E-state index is -0.897.